The fourth-order valence-electron chi connectivity index (χ4n) is 3.50. The van der Waals surface area contributed by atoms with Crippen LogP contribution in [0, 0.1) is 0 Å². The van der Waals surface area contributed by atoms with Crippen molar-refractivity contribution in [3.8, 4) is 28.6 Å². The smallest absolute Gasteiger partial charge is 0.260 e. The number of piperidine rings is 1. The lowest BCUT2D eigenvalue weighted by molar-refractivity contribution is -0.135. The van der Waals surface area contributed by atoms with Crippen molar-refractivity contribution in [2.45, 2.75) is 18.9 Å². The maximum absolute atomic E-state index is 12.6. The highest BCUT2D eigenvalue weighted by Crippen LogP contribution is 2.41. The molecule has 1 amide bonds. The Morgan fingerprint density at radius 2 is 1.83 bits per heavy atom. The maximum atomic E-state index is 12.6. The monoisotopic (exact) mass is 411 g/mol. The summed E-state index contributed by atoms with van der Waals surface area (Å²) >= 11 is 0. The summed E-state index contributed by atoms with van der Waals surface area (Å²) in [6, 6.07) is 11.4. The molecule has 0 unspecified atom stereocenters. The van der Waals surface area contributed by atoms with Crippen molar-refractivity contribution >= 4 is 16.9 Å². The van der Waals surface area contributed by atoms with E-state index >= 15 is 0 Å². The van der Waals surface area contributed by atoms with Crippen LogP contribution in [0.2, 0.25) is 0 Å². The summed E-state index contributed by atoms with van der Waals surface area (Å²) in [5, 5.41) is 30.2. The molecule has 0 radical (unpaired) electrons. The van der Waals surface area contributed by atoms with Gasteiger partial charge in [0.2, 0.25) is 5.75 Å². The van der Waals surface area contributed by atoms with Gasteiger partial charge in [0.1, 0.15) is 16.7 Å². The Kier molecular flexibility index (Phi) is 5.33. The summed E-state index contributed by atoms with van der Waals surface area (Å²) < 4.78 is 11.1. The first-order valence-electron chi connectivity index (χ1n) is 9.61. The Bertz CT molecular complexity index is 1130. The lowest BCUT2D eigenvalue weighted by Crippen LogP contribution is -2.42. The number of carbonyl (C=O) groups is 1. The lowest BCUT2D eigenvalue weighted by atomic mass is 10.1. The van der Waals surface area contributed by atoms with Gasteiger partial charge in [-0.2, -0.15) is 0 Å². The Hall–Kier alpha value is -3.52. The minimum Gasteiger partial charge on any atom is -0.504 e. The average Bonchev–Trinajstić information content (AvgIpc) is 2.74. The van der Waals surface area contributed by atoms with Gasteiger partial charge in [0.15, 0.2) is 23.5 Å². The van der Waals surface area contributed by atoms with E-state index < -0.39 is 29.6 Å². The lowest BCUT2D eigenvalue weighted by Gasteiger charge is -2.29. The van der Waals surface area contributed by atoms with E-state index in [0.29, 0.717) is 37.3 Å². The molecule has 8 heteroatoms. The Balaban J connectivity index is 1.61. The molecular formula is C22H21NO7. The highest BCUT2D eigenvalue weighted by atomic mass is 16.5. The molecule has 3 aromatic rings. The zero-order valence-corrected chi connectivity index (χ0v) is 16.1. The molecule has 2 aromatic carbocycles. The number of nitrogens with zero attached hydrogens (tertiary/aromatic N) is 1. The topological polar surface area (TPSA) is 120 Å². The predicted molar refractivity (Wildman–Crippen MR) is 109 cm³/mol. The molecule has 1 saturated heterocycles. The first kappa shape index (κ1) is 19.8. The van der Waals surface area contributed by atoms with E-state index in [9.17, 15) is 24.9 Å². The third-order valence-electron chi connectivity index (χ3n) is 5.14. The summed E-state index contributed by atoms with van der Waals surface area (Å²) in [7, 11) is 0. The molecule has 30 heavy (non-hydrogen) atoms. The number of aliphatic hydroxyl groups excluding tert-OH is 1. The molecular weight excluding hydrogens is 390 g/mol. The number of benzene rings is 2. The summed E-state index contributed by atoms with van der Waals surface area (Å²) in [5.74, 6) is -1.43. The van der Waals surface area contributed by atoms with Crippen LogP contribution < -0.4 is 10.2 Å². The van der Waals surface area contributed by atoms with Crippen molar-refractivity contribution in [3.05, 3.63) is 52.7 Å². The number of hydrogen-bond donors (Lipinski definition) is 3. The highest BCUT2D eigenvalue weighted by Gasteiger charge is 2.24. The first-order chi connectivity index (χ1) is 14.4. The van der Waals surface area contributed by atoms with Crippen molar-refractivity contribution < 1.29 is 29.3 Å². The fraction of sp³-hybridized carbons (Fsp3) is 0.273. The van der Waals surface area contributed by atoms with E-state index in [1.807, 2.05) is 6.07 Å². The van der Waals surface area contributed by atoms with Crippen LogP contribution in [0.1, 0.15) is 12.8 Å². The first-order valence-corrected chi connectivity index (χ1v) is 9.61. The van der Waals surface area contributed by atoms with Crippen molar-refractivity contribution in [2.75, 3.05) is 19.7 Å². The van der Waals surface area contributed by atoms with Gasteiger partial charge in [-0.3, -0.25) is 9.59 Å². The van der Waals surface area contributed by atoms with Crippen molar-refractivity contribution in [1.29, 1.82) is 0 Å². The summed E-state index contributed by atoms with van der Waals surface area (Å²) in [6.07, 6.45) is 0.565. The van der Waals surface area contributed by atoms with E-state index in [4.69, 9.17) is 9.15 Å². The molecule has 1 aliphatic rings. The van der Waals surface area contributed by atoms with E-state index in [-0.39, 0.29) is 22.6 Å². The molecule has 2 heterocycles. The van der Waals surface area contributed by atoms with Crippen LogP contribution in [0.5, 0.6) is 17.2 Å². The molecule has 0 bridgehead atoms. The second-order valence-electron chi connectivity index (χ2n) is 7.19. The second-order valence-corrected chi connectivity index (χ2v) is 7.19. The molecule has 1 fully saturated rings. The number of aliphatic hydroxyl groups is 1. The van der Waals surface area contributed by atoms with Crippen molar-refractivity contribution in [3.63, 3.8) is 0 Å². The number of hydrogen-bond acceptors (Lipinski definition) is 7. The number of phenols is 2. The number of aromatic hydroxyl groups is 2. The van der Waals surface area contributed by atoms with Gasteiger partial charge in [0, 0.05) is 30.8 Å². The zero-order chi connectivity index (χ0) is 21.3. The van der Waals surface area contributed by atoms with Gasteiger partial charge in [0.25, 0.3) is 5.91 Å². The largest absolute Gasteiger partial charge is 0.504 e. The molecule has 3 N–H and O–H groups in total. The molecule has 1 aromatic heterocycles. The SMILES string of the molecule is O=C(COc1c(O)cc2oc(-c3ccccc3)cc(=O)c2c1O)N1CCC(O)CC1. The van der Waals surface area contributed by atoms with Gasteiger partial charge < -0.3 is 29.4 Å². The number of rotatable bonds is 4. The summed E-state index contributed by atoms with van der Waals surface area (Å²) in [6.45, 7) is 0.395. The normalized spacial score (nSPS) is 14.8. The number of phenolic OH excluding ortho intramolecular Hbond substituents is 2. The third kappa shape index (κ3) is 3.81. The number of fused-ring (bicyclic) bond motifs is 1. The van der Waals surface area contributed by atoms with E-state index in [0.717, 1.165) is 0 Å². The molecule has 0 atom stereocenters. The van der Waals surface area contributed by atoms with E-state index in [2.05, 4.69) is 0 Å². The van der Waals surface area contributed by atoms with Crippen LogP contribution in [-0.2, 0) is 4.79 Å². The molecule has 8 nitrogen and oxygen atoms in total. The number of carbonyl (C=O) groups excluding carboxylic acids is 1. The minimum absolute atomic E-state index is 0.0000442. The summed E-state index contributed by atoms with van der Waals surface area (Å²) in [5.41, 5.74) is 0.168. The van der Waals surface area contributed by atoms with Crippen molar-refractivity contribution in [1.82, 2.24) is 4.90 Å². The Labute approximate surface area is 171 Å². The van der Waals surface area contributed by atoms with E-state index in [1.165, 1.54) is 12.1 Å². The van der Waals surface area contributed by atoms with E-state index in [1.54, 1.807) is 29.2 Å². The van der Waals surface area contributed by atoms with Crippen LogP contribution in [0.15, 0.2) is 51.7 Å². The van der Waals surface area contributed by atoms with Gasteiger partial charge in [-0.05, 0) is 12.8 Å². The maximum Gasteiger partial charge on any atom is 0.260 e. The van der Waals surface area contributed by atoms with Crippen LogP contribution in [-0.4, -0.2) is 51.9 Å². The van der Waals surface area contributed by atoms with Gasteiger partial charge >= 0.3 is 0 Å². The second kappa shape index (κ2) is 8.08. The Morgan fingerprint density at radius 3 is 2.53 bits per heavy atom. The molecule has 0 saturated carbocycles. The third-order valence-corrected chi connectivity index (χ3v) is 5.14. The molecule has 4 rings (SSSR count). The summed E-state index contributed by atoms with van der Waals surface area (Å²) in [4.78, 5) is 26.5. The van der Waals surface area contributed by atoms with Gasteiger partial charge in [-0.1, -0.05) is 30.3 Å². The van der Waals surface area contributed by atoms with Crippen molar-refractivity contribution in [2.24, 2.45) is 0 Å². The van der Waals surface area contributed by atoms with Gasteiger partial charge in [-0.15, -0.1) is 0 Å². The highest BCUT2D eigenvalue weighted by molar-refractivity contribution is 5.89. The minimum atomic E-state index is -0.583. The molecule has 0 aliphatic carbocycles. The Morgan fingerprint density at radius 1 is 1.13 bits per heavy atom. The van der Waals surface area contributed by atoms with Gasteiger partial charge in [0.05, 0.1) is 6.10 Å². The predicted octanol–water partition coefficient (Wildman–Crippen LogP) is 2.23. The quantitative estimate of drug-likeness (QED) is 0.602. The van der Waals surface area contributed by atoms with Crippen LogP contribution in [0.3, 0.4) is 0 Å². The number of amides is 1. The number of likely N-dealkylation sites (tertiary alicyclic amines) is 1. The zero-order valence-electron chi connectivity index (χ0n) is 16.1. The van der Waals surface area contributed by atoms with Crippen LogP contribution in [0.25, 0.3) is 22.3 Å². The number of ether oxygens (including phenoxy) is 1. The fourth-order valence-corrected chi connectivity index (χ4v) is 3.50. The van der Waals surface area contributed by atoms with Crippen LogP contribution >= 0.6 is 0 Å². The van der Waals surface area contributed by atoms with Crippen LogP contribution in [0.4, 0.5) is 0 Å². The molecule has 0 spiro atoms. The average molecular weight is 411 g/mol. The molecule has 156 valence electrons. The molecule has 1 aliphatic heterocycles. The van der Waals surface area contributed by atoms with Gasteiger partial charge in [-0.25, -0.2) is 0 Å². The standard InChI is InChI=1S/C22H21NO7/c24-14-6-8-23(9-7-14)19(27)12-29-22-16(26)11-18-20(21(22)28)15(25)10-17(30-18)13-4-2-1-3-5-13/h1-5,10-11,14,24,26,28H,6-9,12H2.